The molecule has 34 heavy (non-hydrogen) atoms. The van der Waals surface area contributed by atoms with Crippen molar-refractivity contribution in [3.05, 3.63) is 75.0 Å². The van der Waals surface area contributed by atoms with Gasteiger partial charge in [0.05, 0.1) is 16.4 Å². The van der Waals surface area contributed by atoms with Crippen LogP contribution in [0.3, 0.4) is 0 Å². The molecule has 1 amide bonds. The van der Waals surface area contributed by atoms with E-state index in [1.165, 1.54) is 18.6 Å². The van der Waals surface area contributed by atoms with Crippen molar-refractivity contribution in [3.8, 4) is 5.69 Å². The third-order valence-electron chi connectivity index (χ3n) is 7.49. The van der Waals surface area contributed by atoms with E-state index in [0.717, 1.165) is 43.0 Å². The predicted molar refractivity (Wildman–Crippen MR) is 127 cm³/mol. The molecule has 2 N–H and O–H groups in total. The summed E-state index contributed by atoms with van der Waals surface area (Å²) in [6, 6.07) is 8.37. The summed E-state index contributed by atoms with van der Waals surface area (Å²) in [7, 11) is 0. The number of carbonyl (C=O) groups is 1. The van der Waals surface area contributed by atoms with Gasteiger partial charge in [-0.05, 0) is 80.2 Å². The SMILES string of the molecule is O=C(NNc1ccc(Cl)cc1Cl)c1nn(-c2ccc(F)cc2F)c2c1C1CC3CC(C1)CC2C3. The fraction of sp³-hybridized carbons (Fsp3) is 0.360. The van der Waals surface area contributed by atoms with E-state index < -0.39 is 17.5 Å². The second-order valence-corrected chi connectivity index (χ2v) is 10.5. The topological polar surface area (TPSA) is 59.0 Å². The number of nitrogens with one attached hydrogen (secondary N) is 2. The highest BCUT2D eigenvalue weighted by molar-refractivity contribution is 6.36. The second kappa shape index (κ2) is 8.24. The van der Waals surface area contributed by atoms with Crippen molar-refractivity contribution in [3.63, 3.8) is 0 Å². The Kier molecular flexibility index (Phi) is 5.30. The molecule has 0 radical (unpaired) electrons. The number of amides is 1. The molecule has 4 aliphatic rings. The lowest BCUT2D eigenvalue weighted by Gasteiger charge is -2.38. The van der Waals surface area contributed by atoms with Gasteiger partial charge in [0.1, 0.15) is 11.5 Å². The van der Waals surface area contributed by atoms with E-state index in [9.17, 15) is 13.6 Å². The van der Waals surface area contributed by atoms with Crippen LogP contribution in [-0.2, 0) is 0 Å². The molecule has 1 heterocycles. The van der Waals surface area contributed by atoms with Crippen molar-refractivity contribution in [2.24, 2.45) is 11.8 Å². The Morgan fingerprint density at radius 3 is 2.41 bits per heavy atom. The number of anilines is 1. The standard InChI is InChI=1S/C25H22Cl2F2N4O/c26-16-1-3-20(18(27)10-16)30-31-25(34)23-22-14-6-12-5-13(7-14)9-15(8-12)24(22)33(32-23)21-4-2-17(28)11-19(21)29/h1-4,10-15,30H,5-9H2,(H,31,34). The first kappa shape index (κ1) is 21.9. The van der Waals surface area contributed by atoms with Crippen molar-refractivity contribution >= 4 is 34.8 Å². The zero-order valence-corrected chi connectivity index (χ0v) is 19.6. The molecule has 0 aliphatic heterocycles. The number of halogens is 4. The molecule has 9 heteroatoms. The molecule has 0 spiro atoms. The average molecular weight is 503 g/mol. The van der Waals surface area contributed by atoms with Gasteiger partial charge in [-0.3, -0.25) is 15.6 Å². The molecule has 2 atom stereocenters. The maximum atomic E-state index is 14.9. The van der Waals surface area contributed by atoms with Crippen molar-refractivity contribution in [2.75, 3.05) is 5.43 Å². The normalized spacial score (nSPS) is 24.6. The van der Waals surface area contributed by atoms with Crippen LogP contribution in [0.1, 0.15) is 65.7 Å². The number of rotatable bonds is 4. The molecule has 2 fully saturated rings. The van der Waals surface area contributed by atoms with E-state index in [2.05, 4.69) is 16.0 Å². The third kappa shape index (κ3) is 3.66. The van der Waals surface area contributed by atoms with Crippen LogP contribution in [0, 0.1) is 23.5 Å². The average Bonchev–Trinajstić information content (AvgIpc) is 3.09. The Bertz CT molecular complexity index is 1300. The van der Waals surface area contributed by atoms with E-state index in [-0.39, 0.29) is 23.2 Å². The van der Waals surface area contributed by atoms with E-state index in [0.29, 0.717) is 27.6 Å². The lowest BCUT2D eigenvalue weighted by atomic mass is 9.67. The molecule has 1 aromatic heterocycles. The van der Waals surface area contributed by atoms with Crippen LogP contribution in [0.2, 0.25) is 10.0 Å². The quantitative estimate of drug-likeness (QED) is 0.394. The van der Waals surface area contributed by atoms with E-state index in [4.69, 9.17) is 23.2 Å². The van der Waals surface area contributed by atoms with Crippen molar-refractivity contribution in [1.29, 1.82) is 0 Å². The van der Waals surface area contributed by atoms with Gasteiger partial charge >= 0.3 is 0 Å². The second-order valence-electron chi connectivity index (χ2n) is 9.66. The van der Waals surface area contributed by atoms with Gasteiger partial charge in [-0.1, -0.05) is 23.2 Å². The smallest absolute Gasteiger partial charge is 0.290 e. The van der Waals surface area contributed by atoms with Gasteiger partial charge in [0.25, 0.3) is 5.91 Å². The number of carbonyl (C=O) groups excluding carboxylic acids is 1. The van der Waals surface area contributed by atoms with Gasteiger partial charge in [-0.2, -0.15) is 5.10 Å². The lowest BCUT2D eigenvalue weighted by molar-refractivity contribution is 0.0954. The molecule has 5 nitrogen and oxygen atoms in total. The summed E-state index contributed by atoms with van der Waals surface area (Å²) in [6.07, 6.45) is 5.25. The van der Waals surface area contributed by atoms with Crippen molar-refractivity contribution < 1.29 is 13.6 Å². The van der Waals surface area contributed by atoms with Crippen molar-refractivity contribution in [2.45, 2.75) is 43.9 Å². The van der Waals surface area contributed by atoms with E-state index in [1.54, 1.807) is 22.9 Å². The summed E-state index contributed by atoms with van der Waals surface area (Å²) < 4.78 is 30.0. The highest BCUT2D eigenvalue weighted by atomic mass is 35.5. The van der Waals surface area contributed by atoms with Crippen LogP contribution in [-0.4, -0.2) is 15.7 Å². The van der Waals surface area contributed by atoms with E-state index in [1.807, 2.05) is 0 Å². The molecule has 3 aromatic rings. The number of nitrogens with zero attached hydrogens (tertiary/aromatic N) is 2. The highest BCUT2D eigenvalue weighted by Gasteiger charge is 2.46. The summed E-state index contributed by atoms with van der Waals surface area (Å²) in [6.45, 7) is 0. The number of hydrazine groups is 1. The number of benzene rings is 2. The van der Waals surface area contributed by atoms with E-state index >= 15 is 0 Å². The van der Waals surface area contributed by atoms with Crippen LogP contribution in [0.25, 0.3) is 5.69 Å². The Labute approximate surface area is 205 Å². The first-order chi connectivity index (χ1) is 16.4. The Hall–Kier alpha value is -2.64. The summed E-state index contributed by atoms with van der Waals surface area (Å²) >= 11 is 12.2. The van der Waals surface area contributed by atoms with Gasteiger partial charge in [0, 0.05) is 22.6 Å². The molecular weight excluding hydrogens is 481 g/mol. The maximum Gasteiger partial charge on any atom is 0.290 e. The molecule has 176 valence electrons. The van der Waals surface area contributed by atoms with Gasteiger partial charge in [0.2, 0.25) is 0 Å². The fourth-order valence-corrected chi connectivity index (χ4v) is 6.78. The molecule has 2 saturated carbocycles. The van der Waals surface area contributed by atoms with Gasteiger partial charge < -0.3 is 0 Å². The van der Waals surface area contributed by atoms with Gasteiger partial charge in [-0.15, -0.1) is 0 Å². The van der Waals surface area contributed by atoms with Crippen LogP contribution >= 0.6 is 23.2 Å². The minimum absolute atomic E-state index is 0.159. The molecule has 4 bridgehead atoms. The maximum absolute atomic E-state index is 14.9. The predicted octanol–water partition coefficient (Wildman–Crippen LogP) is 6.61. The third-order valence-corrected chi connectivity index (χ3v) is 8.03. The molecular formula is C25H22Cl2F2N4O. The minimum Gasteiger partial charge on any atom is -0.297 e. The molecule has 7 rings (SSSR count). The highest BCUT2D eigenvalue weighted by Crippen LogP contribution is 2.57. The Morgan fingerprint density at radius 1 is 0.971 bits per heavy atom. The van der Waals surface area contributed by atoms with Crippen LogP contribution in [0.4, 0.5) is 14.5 Å². The van der Waals surface area contributed by atoms with Crippen LogP contribution < -0.4 is 10.9 Å². The fourth-order valence-electron chi connectivity index (χ4n) is 6.33. The zero-order valence-electron chi connectivity index (χ0n) is 18.1. The number of aromatic nitrogens is 2. The van der Waals surface area contributed by atoms with Crippen molar-refractivity contribution in [1.82, 2.24) is 15.2 Å². The molecule has 0 saturated heterocycles. The van der Waals surface area contributed by atoms with Crippen LogP contribution in [0.15, 0.2) is 36.4 Å². The molecule has 4 aliphatic carbocycles. The monoisotopic (exact) mass is 502 g/mol. The summed E-state index contributed by atoms with van der Waals surface area (Å²) in [4.78, 5) is 13.4. The first-order valence-electron chi connectivity index (χ1n) is 11.5. The molecule has 2 unspecified atom stereocenters. The Balaban J connectivity index is 1.42. The first-order valence-corrected chi connectivity index (χ1v) is 12.2. The molecule has 2 aromatic carbocycles. The van der Waals surface area contributed by atoms with Crippen LogP contribution in [0.5, 0.6) is 0 Å². The lowest BCUT2D eigenvalue weighted by Crippen LogP contribution is -2.31. The largest absolute Gasteiger partial charge is 0.297 e. The zero-order chi connectivity index (χ0) is 23.6. The van der Waals surface area contributed by atoms with Gasteiger partial charge in [-0.25, -0.2) is 13.5 Å². The number of hydrogen-bond donors (Lipinski definition) is 2. The summed E-state index contributed by atoms with van der Waals surface area (Å²) in [5, 5.41) is 5.46. The number of hydrogen-bond acceptors (Lipinski definition) is 3. The Morgan fingerprint density at radius 2 is 1.71 bits per heavy atom. The summed E-state index contributed by atoms with van der Waals surface area (Å²) in [5.41, 5.74) is 8.26. The summed E-state index contributed by atoms with van der Waals surface area (Å²) in [5.74, 6) is -0.183. The van der Waals surface area contributed by atoms with Gasteiger partial charge in [0.15, 0.2) is 11.5 Å². The minimum atomic E-state index is -0.702.